The number of hydrogen-bond acceptors (Lipinski definition) is 4. The highest BCUT2D eigenvalue weighted by Gasteiger charge is 2.18. The predicted octanol–water partition coefficient (Wildman–Crippen LogP) is 2.59. The Labute approximate surface area is 139 Å². The van der Waals surface area contributed by atoms with Gasteiger partial charge in [0.25, 0.3) is 0 Å². The van der Waals surface area contributed by atoms with Crippen molar-refractivity contribution < 1.29 is 14.3 Å². The molecule has 5 heteroatoms. The van der Waals surface area contributed by atoms with Gasteiger partial charge in [0.05, 0.1) is 0 Å². The van der Waals surface area contributed by atoms with Crippen LogP contribution in [0.15, 0.2) is 54.7 Å². The van der Waals surface area contributed by atoms with Crippen molar-refractivity contribution in [1.82, 2.24) is 4.98 Å². The monoisotopic (exact) mass is 322 g/mol. The molecule has 0 saturated heterocycles. The molecule has 0 saturated carbocycles. The van der Waals surface area contributed by atoms with E-state index >= 15 is 0 Å². The van der Waals surface area contributed by atoms with Gasteiger partial charge < -0.3 is 15.5 Å². The zero-order valence-electron chi connectivity index (χ0n) is 13.1. The Hall–Kier alpha value is -2.92. The largest absolute Gasteiger partial charge is 0.460 e. The molecule has 3 rings (SSSR count). The van der Waals surface area contributed by atoms with Crippen LogP contribution in [-0.4, -0.2) is 23.3 Å². The molecule has 1 atom stereocenters. The molecule has 2 aromatic carbocycles. The highest BCUT2D eigenvalue weighted by molar-refractivity contribution is 5.89. The molecule has 0 aliphatic carbocycles. The Balaban J connectivity index is 1.64. The number of aromatic amines is 1. The van der Waals surface area contributed by atoms with Crippen LogP contribution in [0, 0.1) is 0 Å². The van der Waals surface area contributed by atoms with Crippen LogP contribution in [0.1, 0.15) is 21.5 Å². The second-order valence-corrected chi connectivity index (χ2v) is 5.64. The summed E-state index contributed by atoms with van der Waals surface area (Å²) in [5, 5.41) is 0.951. The van der Waals surface area contributed by atoms with Gasteiger partial charge in [-0.3, -0.25) is 9.59 Å². The fourth-order valence-electron chi connectivity index (χ4n) is 2.60. The lowest BCUT2D eigenvalue weighted by molar-refractivity contribution is -0.146. The summed E-state index contributed by atoms with van der Waals surface area (Å²) >= 11 is 0. The minimum atomic E-state index is -0.738. The van der Waals surface area contributed by atoms with E-state index < -0.39 is 12.0 Å². The molecule has 3 aromatic rings. The molecule has 0 radical (unpaired) electrons. The Morgan fingerprint density at radius 2 is 2.00 bits per heavy atom. The number of ether oxygens (including phenoxy) is 1. The van der Waals surface area contributed by atoms with Crippen LogP contribution in [0.4, 0.5) is 0 Å². The Morgan fingerprint density at radius 3 is 2.75 bits per heavy atom. The maximum Gasteiger partial charge on any atom is 0.323 e. The van der Waals surface area contributed by atoms with Crippen LogP contribution >= 0.6 is 0 Å². The summed E-state index contributed by atoms with van der Waals surface area (Å²) in [5.41, 5.74) is 9.27. The number of rotatable bonds is 6. The SMILES string of the molecule is N[C@@H](Cc1c[nH]c2cc(C=O)ccc12)C(=O)OCc1ccccc1. The maximum absolute atomic E-state index is 12.1. The Morgan fingerprint density at radius 1 is 1.21 bits per heavy atom. The molecular formula is C19H18N2O3. The minimum Gasteiger partial charge on any atom is -0.460 e. The van der Waals surface area contributed by atoms with Gasteiger partial charge in [-0.05, 0) is 17.2 Å². The van der Waals surface area contributed by atoms with Crippen LogP contribution in [0.5, 0.6) is 0 Å². The number of esters is 1. The molecule has 5 nitrogen and oxygen atoms in total. The van der Waals surface area contributed by atoms with Crippen molar-refractivity contribution in [3.63, 3.8) is 0 Å². The molecule has 0 spiro atoms. The summed E-state index contributed by atoms with van der Waals surface area (Å²) in [5.74, 6) is -0.433. The van der Waals surface area contributed by atoms with Crippen LogP contribution in [0.25, 0.3) is 10.9 Å². The van der Waals surface area contributed by atoms with Gasteiger partial charge >= 0.3 is 5.97 Å². The quantitative estimate of drug-likeness (QED) is 0.539. The second-order valence-electron chi connectivity index (χ2n) is 5.64. The average molecular weight is 322 g/mol. The first kappa shape index (κ1) is 16.0. The summed E-state index contributed by atoms with van der Waals surface area (Å²) in [6, 6.07) is 14.1. The first-order valence-electron chi connectivity index (χ1n) is 7.68. The standard InChI is InChI=1S/C19H18N2O3/c20-17(19(23)24-12-13-4-2-1-3-5-13)9-15-10-21-18-8-14(11-22)6-7-16(15)18/h1-8,10-11,17,21H,9,12,20H2/t17-/m0/s1. The molecule has 0 unspecified atom stereocenters. The van der Waals surface area contributed by atoms with Crippen molar-refractivity contribution in [3.8, 4) is 0 Å². The maximum atomic E-state index is 12.1. The van der Waals surface area contributed by atoms with Gasteiger partial charge in [-0.1, -0.05) is 42.5 Å². The van der Waals surface area contributed by atoms with E-state index in [9.17, 15) is 9.59 Å². The highest BCUT2D eigenvalue weighted by atomic mass is 16.5. The topological polar surface area (TPSA) is 85.2 Å². The summed E-state index contributed by atoms with van der Waals surface area (Å²) in [6.45, 7) is 0.212. The van der Waals surface area contributed by atoms with Crippen molar-refractivity contribution in [2.75, 3.05) is 0 Å². The zero-order chi connectivity index (χ0) is 16.9. The van der Waals surface area contributed by atoms with Gasteiger partial charge in [-0.2, -0.15) is 0 Å². The van der Waals surface area contributed by atoms with E-state index in [1.54, 1.807) is 12.1 Å². The molecule has 3 N–H and O–H groups in total. The predicted molar refractivity (Wildman–Crippen MR) is 91.6 cm³/mol. The number of aromatic nitrogens is 1. The molecule has 122 valence electrons. The van der Waals surface area contributed by atoms with E-state index in [0.717, 1.165) is 28.3 Å². The first-order valence-corrected chi connectivity index (χ1v) is 7.68. The fourth-order valence-corrected chi connectivity index (χ4v) is 2.60. The van der Waals surface area contributed by atoms with Gasteiger partial charge in [-0.15, -0.1) is 0 Å². The number of carbonyl (C=O) groups is 2. The molecule has 0 amide bonds. The number of hydrogen-bond donors (Lipinski definition) is 2. The van der Waals surface area contributed by atoms with E-state index in [4.69, 9.17) is 10.5 Å². The number of H-pyrrole nitrogens is 1. The third-order valence-corrected chi connectivity index (χ3v) is 3.89. The number of carbonyl (C=O) groups excluding carboxylic acids is 2. The van der Waals surface area contributed by atoms with E-state index in [-0.39, 0.29) is 6.61 Å². The molecule has 24 heavy (non-hydrogen) atoms. The van der Waals surface area contributed by atoms with Gasteiger partial charge in [-0.25, -0.2) is 0 Å². The Bertz CT molecular complexity index is 855. The molecule has 1 aromatic heterocycles. The smallest absolute Gasteiger partial charge is 0.323 e. The summed E-state index contributed by atoms with van der Waals surface area (Å²) in [7, 11) is 0. The third-order valence-electron chi connectivity index (χ3n) is 3.89. The fraction of sp³-hybridized carbons (Fsp3) is 0.158. The van der Waals surface area contributed by atoms with Crippen molar-refractivity contribution in [3.05, 3.63) is 71.4 Å². The van der Waals surface area contributed by atoms with Gasteiger partial charge in [0.2, 0.25) is 0 Å². The van der Waals surface area contributed by atoms with Crippen LogP contribution in [-0.2, 0) is 22.6 Å². The number of fused-ring (bicyclic) bond motifs is 1. The van der Waals surface area contributed by atoms with Crippen LogP contribution in [0.3, 0.4) is 0 Å². The summed E-state index contributed by atoms with van der Waals surface area (Å²) in [4.78, 5) is 26.0. The van der Waals surface area contributed by atoms with Crippen molar-refractivity contribution >= 4 is 23.2 Å². The lowest BCUT2D eigenvalue weighted by Gasteiger charge is -2.11. The van der Waals surface area contributed by atoms with Gasteiger partial charge in [0, 0.05) is 29.1 Å². The van der Waals surface area contributed by atoms with E-state index in [0.29, 0.717) is 12.0 Å². The first-order chi connectivity index (χ1) is 11.7. The van der Waals surface area contributed by atoms with E-state index in [2.05, 4.69) is 4.98 Å². The van der Waals surface area contributed by atoms with E-state index in [1.165, 1.54) is 0 Å². The molecule has 1 heterocycles. The van der Waals surface area contributed by atoms with Crippen molar-refractivity contribution in [2.45, 2.75) is 19.1 Å². The third kappa shape index (κ3) is 3.52. The molecule has 0 fully saturated rings. The Kier molecular flexibility index (Phi) is 4.72. The van der Waals surface area contributed by atoms with Crippen LogP contribution < -0.4 is 5.73 Å². The van der Waals surface area contributed by atoms with Gasteiger partial charge in [0.15, 0.2) is 0 Å². The summed E-state index contributed by atoms with van der Waals surface area (Å²) < 4.78 is 5.27. The van der Waals surface area contributed by atoms with Crippen LogP contribution in [0.2, 0.25) is 0 Å². The van der Waals surface area contributed by atoms with E-state index in [1.807, 2.05) is 42.6 Å². The number of aldehydes is 1. The number of nitrogens with two attached hydrogens (primary N) is 1. The zero-order valence-corrected chi connectivity index (χ0v) is 13.1. The molecule has 0 bridgehead atoms. The van der Waals surface area contributed by atoms with Gasteiger partial charge in [0.1, 0.15) is 18.9 Å². The molecule has 0 aliphatic rings. The highest BCUT2D eigenvalue weighted by Crippen LogP contribution is 2.20. The lowest BCUT2D eigenvalue weighted by atomic mass is 10.0. The summed E-state index contributed by atoms with van der Waals surface area (Å²) in [6.07, 6.45) is 2.98. The molecule has 0 aliphatic heterocycles. The van der Waals surface area contributed by atoms with Crippen molar-refractivity contribution in [1.29, 1.82) is 0 Å². The normalized spacial score (nSPS) is 12.0. The lowest BCUT2D eigenvalue weighted by Crippen LogP contribution is -2.34. The molecular weight excluding hydrogens is 304 g/mol. The minimum absolute atomic E-state index is 0.212. The average Bonchev–Trinajstić information content (AvgIpc) is 3.02. The van der Waals surface area contributed by atoms with Crippen molar-refractivity contribution in [2.24, 2.45) is 5.73 Å². The number of nitrogens with one attached hydrogen (secondary N) is 1. The number of benzene rings is 2. The second kappa shape index (κ2) is 7.10.